The fourth-order valence-corrected chi connectivity index (χ4v) is 3.02. The molecule has 0 saturated heterocycles. The highest BCUT2D eigenvalue weighted by atomic mass is 32.1. The van der Waals surface area contributed by atoms with E-state index in [4.69, 9.17) is 5.73 Å². The largest absolute Gasteiger partial charge is 0.328 e. The predicted molar refractivity (Wildman–Crippen MR) is 68.4 cm³/mol. The highest BCUT2D eigenvalue weighted by Gasteiger charge is 2.19. The Morgan fingerprint density at radius 3 is 2.81 bits per heavy atom. The van der Waals surface area contributed by atoms with E-state index < -0.39 is 0 Å². The van der Waals surface area contributed by atoms with Gasteiger partial charge in [0.15, 0.2) is 0 Å². The van der Waals surface area contributed by atoms with Crippen LogP contribution in [0.1, 0.15) is 31.4 Å². The van der Waals surface area contributed by atoms with Crippen LogP contribution in [-0.2, 0) is 6.54 Å². The van der Waals surface area contributed by atoms with Crippen molar-refractivity contribution in [2.24, 2.45) is 11.7 Å². The maximum Gasteiger partial charge on any atom is 0.0795 e. The molecule has 4 heteroatoms. The molecule has 1 aliphatic rings. The van der Waals surface area contributed by atoms with Gasteiger partial charge in [0, 0.05) is 24.5 Å². The van der Waals surface area contributed by atoms with Gasteiger partial charge in [0.25, 0.3) is 0 Å². The predicted octanol–water partition coefficient (Wildman–Crippen LogP) is 2.09. The van der Waals surface area contributed by atoms with E-state index in [0.717, 1.165) is 12.5 Å². The summed E-state index contributed by atoms with van der Waals surface area (Å²) in [6.07, 6.45) is 5.00. The molecule has 1 aliphatic carbocycles. The number of nitrogens with zero attached hydrogens (tertiary/aromatic N) is 2. The Hall–Kier alpha value is -0.450. The summed E-state index contributed by atoms with van der Waals surface area (Å²) in [4.78, 5) is 6.70. The van der Waals surface area contributed by atoms with Crippen molar-refractivity contribution < 1.29 is 0 Å². The van der Waals surface area contributed by atoms with Gasteiger partial charge in [-0.15, -0.1) is 11.3 Å². The minimum atomic E-state index is 0.458. The summed E-state index contributed by atoms with van der Waals surface area (Å²) in [5, 5.41) is 2.13. The lowest BCUT2D eigenvalue weighted by atomic mass is 9.86. The molecule has 0 amide bonds. The van der Waals surface area contributed by atoms with E-state index in [2.05, 4.69) is 22.3 Å². The zero-order valence-corrected chi connectivity index (χ0v) is 10.7. The first-order valence-electron chi connectivity index (χ1n) is 6.05. The molecule has 2 N–H and O–H groups in total. The molecule has 1 heterocycles. The van der Waals surface area contributed by atoms with E-state index in [1.165, 1.54) is 37.9 Å². The first-order chi connectivity index (χ1) is 7.74. The van der Waals surface area contributed by atoms with E-state index in [-0.39, 0.29) is 0 Å². The van der Waals surface area contributed by atoms with E-state index in [9.17, 15) is 0 Å². The molecule has 0 aromatic carbocycles. The lowest BCUT2D eigenvalue weighted by molar-refractivity contribution is 0.218. The molecule has 1 saturated carbocycles. The van der Waals surface area contributed by atoms with Crippen LogP contribution in [0.4, 0.5) is 0 Å². The molecule has 0 unspecified atom stereocenters. The molecule has 0 atom stereocenters. The van der Waals surface area contributed by atoms with Gasteiger partial charge in [0.05, 0.1) is 11.2 Å². The topological polar surface area (TPSA) is 42.2 Å². The molecule has 1 fully saturated rings. The Morgan fingerprint density at radius 1 is 1.44 bits per heavy atom. The van der Waals surface area contributed by atoms with Crippen molar-refractivity contribution in [3.8, 4) is 0 Å². The Labute approximate surface area is 102 Å². The molecule has 90 valence electrons. The standard InChI is InChI=1S/C12H21N3S/c1-15(7-12-8-16-9-14-12)6-10-2-4-11(13)5-3-10/h8-11H,2-7,13H2,1H3. The summed E-state index contributed by atoms with van der Waals surface area (Å²) < 4.78 is 0. The van der Waals surface area contributed by atoms with Crippen LogP contribution < -0.4 is 5.73 Å². The highest BCUT2D eigenvalue weighted by molar-refractivity contribution is 7.07. The van der Waals surface area contributed by atoms with Crippen molar-refractivity contribution in [1.82, 2.24) is 9.88 Å². The highest BCUT2D eigenvalue weighted by Crippen LogP contribution is 2.24. The van der Waals surface area contributed by atoms with Gasteiger partial charge in [-0.1, -0.05) is 0 Å². The molecule has 0 spiro atoms. The van der Waals surface area contributed by atoms with Crippen molar-refractivity contribution in [2.45, 2.75) is 38.3 Å². The Kier molecular flexibility index (Phi) is 4.32. The van der Waals surface area contributed by atoms with E-state index in [1.54, 1.807) is 11.3 Å². The van der Waals surface area contributed by atoms with E-state index in [0.29, 0.717) is 6.04 Å². The van der Waals surface area contributed by atoms with Crippen LogP contribution in [0.15, 0.2) is 10.9 Å². The van der Waals surface area contributed by atoms with E-state index >= 15 is 0 Å². The first kappa shape index (κ1) is 12.0. The number of aromatic nitrogens is 1. The van der Waals surface area contributed by atoms with Crippen molar-refractivity contribution in [2.75, 3.05) is 13.6 Å². The number of hydrogen-bond acceptors (Lipinski definition) is 4. The third kappa shape index (κ3) is 3.54. The molecule has 0 aliphatic heterocycles. The van der Waals surface area contributed by atoms with Crippen LogP contribution in [0.5, 0.6) is 0 Å². The van der Waals surface area contributed by atoms with Crippen LogP contribution in [0, 0.1) is 5.92 Å². The average molecular weight is 239 g/mol. The third-order valence-electron chi connectivity index (χ3n) is 3.38. The van der Waals surface area contributed by atoms with Crippen LogP contribution in [0.25, 0.3) is 0 Å². The van der Waals surface area contributed by atoms with Crippen LogP contribution in [-0.4, -0.2) is 29.5 Å². The molecule has 1 aromatic heterocycles. The number of nitrogens with two attached hydrogens (primary N) is 1. The maximum absolute atomic E-state index is 5.92. The van der Waals surface area contributed by atoms with Gasteiger partial charge in [-0.2, -0.15) is 0 Å². The summed E-state index contributed by atoms with van der Waals surface area (Å²) in [6.45, 7) is 2.16. The monoisotopic (exact) mass is 239 g/mol. The lowest BCUT2D eigenvalue weighted by Crippen LogP contribution is -2.32. The van der Waals surface area contributed by atoms with Crippen molar-refractivity contribution in [1.29, 1.82) is 0 Å². The number of rotatable bonds is 4. The first-order valence-corrected chi connectivity index (χ1v) is 6.99. The Bertz CT molecular complexity index is 291. The fourth-order valence-electron chi connectivity index (χ4n) is 2.47. The molecule has 16 heavy (non-hydrogen) atoms. The minimum absolute atomic E-state index is 0.458. The summed E-state index contributed by atoms with van der Waals surface area (Å²) in [5.74, 6) is 0.837. The van der Waals surface area contributed by atoms with Gasteiger partial charge in [0.2, 0.25) is 0 Å². The molecule has 0 bridgehead atoms. The Balaban J connectivity index is 1.72. The maximum atomic E-state index is 5.92. The second kappa shape index (κ2) is 5.75. The normalized spacial score (nSPS) is 26.2. The third-order valence-corrected chi connectivity index (χ3v) is 4.01. The van der Waals surface area contributed by atoms with Gasteiger partial charge >= 0.3 is 0 Å². The van der Waals surface area contributed by atoms with Crippen molar-refractivity contribution in [3.05, 3.63) is 16.6 Å². The second-order valence-corrected chi connectivity index (χ2v) is 5.68. The quantitative estimate of drug-likeness (QED) is 0.875. The number of thiazole rings is 1. The second-order valence-electron chi connectivity index (χ2n) is 4.96. The molecular weight excluding hydrogens is 218 g/mol. The molecule has 1 aromatic rings. The molecule has 3 nitrogen and oxygen atoms in total. The summed E-state index contributed by atoms with van der Waals surface area (Å²) in [6, 6.07) is 0.458. The van der Waals surface area contributed by atoms with E-state index in [1.807, 2.05) is 5.51 Å². The summed E-state index contributed by atoms with van der Waals surface area (Å²) in [7, 11) is 2.19. The summed E-state index contributed by atoms with van der Waals surface area (Å²) in [5.41, 5.74) is 9.02. The minimum Gasteiger partial charge on any atom is -0.328 e. The van der Waals surface area contributed by atoms with Crippen molar-refractivity contribution in [3.63, 3.8) is 0 Å². The average Bonchev–Trinajstić information content (AvgIpc) is 2.74. The SMILES string of the molecule is CN(Cc1cscn1)CC1CCC(N)CC1. The zero-order valence-electron chi connectivity index (χ0n) is 9.93. The molecule has 0 radical (unpaired) electrons. The van der Waals surface area contributed by atoms with Crippen LogP contribution >= 0.6 is 11.3 Å². The number of hydrogen-bond donors (Lipinski definition) is 1. The van der Waals surface area contributed by atoms with Gasteiger partial charge in [-0.25, -0.2) is 4.98 Å². The van der Waals surface area contributed by atoms with Crippen LogP contribution in [0.2, 0.25) is 0 Å². The lowest BCUT2D eigenvalue weighted by Gasteiger charge is -2.29. The fraction of sp³-hybridized carbons (Fsp3) is 0.750. The summed E-state index contributed by atoms with van der Waals surface area (Å²) >= 11 is 1.67. The van der Waals surface area contributed by atoms with Gasteiger partial charge in [-0.05, 0) is 38.6 Å². The smallest absolute Gasteiger partial charge is 0.0795 e. The van der Waals surface area contributed by atoms with Gasteiger partial charge < -0.3 is 10.6 Å². The zero-order chi connectivity index (χ0) is 11.4. The molecule has 2 rings (SSSR count). The Morgan fingerprint density at radius 2 is 2.19 bits per heavy atom. The van der Waals surface area contributed by atoms with Gasteiger partial charge in [0.1, 0.15) is 0 Å². The van der Waals surface area contributed by atoms with Gasteiger partial charge in [-0.3, -0.25) is 0 Å². The van der Waals surface area contributed by atoms with Crippen molar-refractivity contribution >= 4 is 11.3 Å². The van der Waals surface area contributed by atoms with Crippen LogP contribution in [0.3, 0.4) is 0 Å². The molecular formula is C12H21N3S.